The van der Waals surface area contributed by atoms with E-state index in [4.69, 9.17) is 0 Å². The third-order valence-corrected chi connectivity index (χ3v) is 8.43. The zero-order valence-corrected chi connectivity index (χ0v) is 25.7. The van der Waals surface area contributed by atoms with Gasteiger partial charge < -0.3 is 35.0 Å². The van der Waals surface area contributed by atoms with Crippen LogP contribution >= 0.6 is 0 Å². The van der Waals surface area contributed by atoms with Crippen molar-refractivity contribution in [1.82, 2.24) is 19.8 Å². The monoisotopic (exact) mass is 607 g/mol. The van der Waals surface area contributed by atoms with Gasteiger partial charge in [0.15, 0.2) is 5.82 Å². The molecular weight excluding hydrogens is 570 g/mol. The molecule has 0 atom stereocenters. The third-order valence-electron chi connectivity index (χ3n) is 8.43. The van der Waals surface area contributed by atoms with Gasteiger partial charge >= 0.3 is 0 Å². The fraction of sp³-hybridized carbons (Fsp3) is 0.294. The molecule has 0 saturated carbocycles. The summed E-state index contributed by atoms with van der Waals surface area (Å²) in [5, 5.41) is 16.9. The molecule has 1 fully saturated rings. The SMILES string of the molecule is CN(C)c1ccc2c(c1)CCN(c1cccc(-c3cn(C)c(=O)c(Nc4ccc(C(=O)N5CCNCC5)cc4)n3)c1CO)C2=O. The largest absolute Gasteiger partial charge is 0.392 e. The minimum Gasteiger partial charge on any atom is -0.392 e. The fourth-order valence-electron chi connectivity index (χ4n) is 5.92. The number of carbonyl (C=O) groups is 2. The maximum Gasteiger partial charge on any atom is 0.293 e. The van der Waals surface area contributed by atoms with Crippen LogP contribution in [0.1, 0.15) is 31.8 Å². The Morgan fingerprint density at radius 3 is 2.47 bits per heavy atom. The van der Waals surface area contributed by atoms with Crippen molar-refractivity contribution in [2.75, 3.05) is 61.9 Å². The second kappa shape index (κ2) is 12.5. The molecule has 2 amide bonds. The number of hydrogen-bond donors (Lipinski definition) is 3. The number of aliphatic hydroxyl groups is 1. The highest BCUT2D eigenvalue weighted by Gasteiger charge is 2.28. The zero-order chi connectivity index (χ0) is 31.7. The third kappa shape index (κ3) is 5.92. The summed E-state index contributed by atoms with van der Waals surface area (Å²) in [7, 11) is 5.59. The predicted molar refractivity (Wildman–Crippen MR) is 175 cm³/mol. The van der Waals surface area contributed by atoms with Crippen molar-refractivity contribution in [2.45, 2.75) is 13.0 Å². The van der Waals surface area contributed by atoms with E-state index in [1.54, 1.807) is 42.4 Å². The smallest absolute Gasteiger partial charge is 0.293 e. The molecule has 3 aromatic carbocycles. The van der Waals surface area contributed by atoms with Gasteiger partial charge in [0, 0.05) is 93.7 Å². The van der Waals surface area contributed by atoms with Gasteiger partial charge in [0.2, 0.25) is 0 Å². The number of fused-ring (bicyclic) bond motifs is 1. The van der Waals surface area contributed by atoms with Gasteiger partial charge in [0.05, 0.1) is 18.0 Å². The number of nitrogens with one attached hydrogen (secondary N) is 2. The van der Waals surface area contributed by atoms with E-state index < -0.39 is 0 Å². The normalized spacial score (nSPS) is 14.7. The van der Waals surface area contributed by atoms with Crippen LogP contribution in [-0.2, 0) is 20.1 Å². The number of nitrogens with zero attached hydrogens (tertiary/aromatic N) is 5. The Hall–Kier alpha value is -5.00. The van der Waals surface area contributed by atoms with Gasteiger partial charge in [-0.2, -0.15) is 0 Å². The summed E-state index contributed by atoms with van der Waals surface area (Å²) in [6.07, 6.45) is 2.31. The average Bonchev–Trinajstić information content (AvgIpc) is 3.06. The fourth-order valence-corrected chi connectivity index (χ4v) is 5.92. The minimum absolute atomic E-state index is 0.0236. The van der Waals surface area contributed by atoms with E-state index >= 15 is 0 Å². The number of aliphatic hydroxyl groups excluding tert-OH is 1. The van der Waals surface area contributed by atoms with Gasteiger partial charge in [-0.15, -0.1) is 0 Å². The van der Waals surface area contributed by atoms with Crippen molar-refractivity contribution in [2.24, 2.45) is 7.05 Å². The van der Waals surface area contributed by atoms with Gasteiger partial charge in [-0.3, -0.25) is 14.4 Å². The zero-order valence-electron chi connectivity index (χ0n) is 25.7. The van der Waals surface area contributed by atoms with Crippen LogP contribution in [0, 0.1) is 0 Å². The molecule has 0 unspecified atom stereocenters. The van der Waals surface area contributed by atoms with E-state index in [-0.39, 0.29) is 29.8 Å². The Balaban J connectivity index is 1.28. The number of hydrogen-bond acceptors (Lipinski definition) is 8. The van der Waals surface area contributed by atoms with Gasteiger partial charge in [-0.05, 0) is 60.5 Å². The molecular formula is C34H37N7O4. The molecule has 0 aliphatic carbocycles. The highest BCUT2D eigenvalue weighted by Crippen LogP contribution is 2.34. The molecule has 0 radical (unpaired) electrons. The molecule has 3 heterocycles. The van der Waals surface area contributed by atoms with E-state index in [1.165, 1.54) is 4.57 Å². The highest BCUT2D eigenvalue weighted by molar-refractivity contribution is 6.09. The van der Waals surface area contributed by atoms with Crippen LogP contribution in [0.15, 0.2) is 71.7 Å². The molecule has 1 aromatic heterocycles. The predicted octanol–water partition coefficient (Wildman–Crippen LogP) is 3.00. The van der Waals surface area contributed by atoms with Crippen LogP contribution in [-0.4, -0.2) is 78.2 Å². The summed E-state index contributed by atoms with van der Waals surface area (Å²) in [5.74, 6) is -0.0438. The first-order valence-electron chi connectivity index (χ1n) is 15.0. The van der Waals surface area contributed by atoms with E-state index in [1.807, 2.05) is 54.2 Å². The summed E-state index contributed by atoms with van der Waals surface area (Å²) >= 11 is 0. The molecule has 3 N–H and O–H groups in total. The molecule has 11 nitrogen and oxygen atoms in total. The number of carbonyl (C=O) groups excluding carboxylic acids is 2. The molecule has 2 aliphatic heterocycles. The molecule has 6 rings (SSSR count). The second-order valence-corrected chi connectivity index (χ2v) is 11.5. The first-order valence-corrected chi connectivity index (χ1v) is 15.0. The van der Waals surface area contributed by atoms with Crippen molar-refractivity contribution < 1.29 is 14.7 Å². The molecule has 0 bridgehead atoms. The van der Waals surface area contributed by atoms with Gasteiger partial charge in [0.1, 0.15) is 0 Å². The van der Waals surface area contributed by atoms with E-state index in [0.717, 1.165) is 24.3 Å². The number of piperazine rings is 1. The molecule has 1 saturated heterocycles. The molecule has 11 heteroatoms. The maximum absolute atomic E-state index is 13.7. The number of amides is 2. The summed E-state index contributed by atoms with van der Waals surface area (Å²) in [6, 6.07) is 18.3. The van der Waals surface area contributed by atoms with Crippen molar-refractivity contribution in [3.63, 3.8) is 0 Å². The lowest BCUT2D eigenvalue weighted by Gasteiger charge is -2.31. The number of anilines is 4. The first-order chi connectivity index (χ1) is 21.7. The molecule has 0 spiro atoms. The minimum atomic E-state index is -0.332. The lowest BCUT2D eigenvalue weighted by atomic mass is 9.95. The topological polar surface area (TPSA) is 123 Å². The summed E-state index contributed by atoms with van der Waals surface area (Å²) in [5.41, 5.74) is 5.79. The van der Waals surface area contributed by atoms with Crippen molar-refractivity contribution in [3.05, 3.63) is 99.5 Å². The first kappa shape index (κ1) is 30.0. The Bertz CT molecular complexity index is 1810. The highest BCUT2D eigenvalue weighted by atomic mass is 16.3. The van der Waals surface area contributed by atoms with Gasteiger partial charge in [0.25, 0.3) is 17.4 Å². The quantitative estimate of drug-likeness (QED) is 0.293. The van der Waals surface area contributed by atoms with E-state index in [9.17, 15) is 19.5 Å². The van der Waals surface area contributed by atoms with Crippen molar-refractivity contribution >= 4 is 34.7 Å². The van der Waals surface area contributed by atoms with Crippen LogP contribution in [0.2, 0.25) is 0 Å². The van der Waals surface area contributed by atoms with Gasteiger partial charge in [-0.1, -0.05) is 12.1 Å². The lowest BCUT2D eigenvalue weighted by molar-refractivity contribution is 0.0735. The summed E-state index contributed by atoms with van der Waals surface area (Å²) < 4.78 is 1.44. The average molecular weight is 608 g/mol. The Morgan fingerprint density at radius 2 is 1.76 bits per heavy atom. The van der Waals surface area contributed by atoms with Crippen molar-refractivity contribution in [1.29, 1.82) is 0 Å². The molecule has 232 valence electrons. The van der Waals surface area contributed by atoms with Crippen LogP contribution in [0.5, 0.6) is 0 Å². The van der Waals surface area contributed by atoms with Gasteiger partial charge in [-0.25, -0.2) is 4.98 Å². The van der Waals surface area contributed by atoms with E-state index in [2.05, 4.69) is 21.7 Å². The van der Waals surface area contributed by atoms with Crippen LogP contribution < -0.4 is 26.0 Å². The van der Waals surface area contributed by atoms with Crippen LogP contribution in [0.25, 0.3) is 11.3 Å². The Labute approximate surface area is 261 Å². The van der Waals surface area contributed by atoms with Crippen molar-refractivity contribution in [3.8, 4) is 11.3 Å². The van der Waals surface area contributed by atoms with Crippen LogP contribution in [0.4, 0.5) is 22.9 Å². The Morgan fingerprint density at radius 1 is 1.00 bits per heavy atom. The lowest BCUT2D eigenvalue weighted by Crippen LogP contribution is -2.46. The standard InChI is InChI=1S/C34H37N7O4/c1-38(2)25-11-12-26-23(19-25)13-16-41(33(26)44)30-6-4-5-27(28(30)21-42)29-20-39(3)34(45)31(37-29)36-24-9-7-22(8-10-24)32(43)40-17-14-35-15-18-40/h4-12,19-20,35,42H,13-18,21H2,1-3H3,(H,36,37). The number of aromatic nitrogens is 2. The van der Waals surface area contributed by atoms with Crippen LogP contribution in [0.3, 0.4) is 0 Å². The Kier molecular flexibility index (Phi) is 8.38. The number of rotatable bonds is 7. The maximum atomic E-state index is 13.7. The second-order valence-electron chi connectivity index (χ2n) is 11.5. The van der Waals surface area contributed by atoms with E-state index in [0.29, 0.717) is 65.4 Å². The molecule has 2 aliphatic rings. The number of benzene rings is 3. The molecule has 45 heavy (non-hydrogen) atoms. The number of aryl methyl sites for hydroxylation is 1. The summed E-state index contributed by atoms with van der Waals surface area (Å²) in [6.45, 7) is 3.03. The molecule has 4 aromatic rings. The summed E-state index contributed by atoms with van der Waals surface area (Å²) in [4.78, 5) is 49.8.